The minimum absolute atomic E-state index is 0.0935. The first-order chi connectivity index (χ1) is 11.0. The van der Waals surface area contributed by atoms with Crippen molar-refractivity contribution < 1.29 is 8.76 Å². The zero-order valence-electron chi connectivity index (χ0n) is 13.8. The number of nitrogens with zero attached hydrogens (tertiary/aromatic N) is 1. The maximum absolute atomic E-state index is 10.3. The van der Waals surface area contributed by atoms with Gasteiger partial charge in [0.1, 0.15) is 0 Å². The minimum Gasteiger partial charge on any atom is -0.772 e. The summed E-state index contributed by atoms with van der Waals surface area (Å²) in [4.78, 5) is 0. The van der Waals surface area contributed by atoms with Crippen molar-refractivity contribution in [3.8, 4) is 6.07 Å². The van der Waals surface area contributed by atoms with Gasteiger partial charge in [-0.25, -0.2) is 0 Å². The van der Waals surface area contributed by atoms with Crippen LogP contribution in [-0.4, -0.2) is 8.76 Å². The normalized spacial score (nSPS) is 10.2. The summed E-state index contributed by atoms with van der Waals surface area (Å²) < 4.78 is 20.7. The summed E-state index contributed by atoms with van der Waals surface area (Å²) >= 11 is -2.13. The van der Waals surface area contributed by atoms with E-state index in [1.54, 1.807) is 24.3 Å². The van der Waals surface area contributed by atoms with Gasteiger partial charge < -0.3 is 10.3 Å². The van der Waals surface area contributed by atoms with Gasteiger partial charge in [-0.15, -0.1) is 0 Å². The fourth-order valence-corrected chi connectivity index (χ4v) is 1.97. The molecule has 0 aliphatic heterocycles. The van der Waals surface area contributed by atoms with Gasteiger partial charge in [0.2, 0.25) is 0 Å². The summed E-state index contributed by atoms with van der Waals surface area (Å²) in [5, 5.41) is 8.58. The zero-order chi connectivity index (χ0) is 17.7. The molecule has 0 amide bonds. The lowest BCUT2D eigenvalue weighted by molar-refractivity contribution is 0.536. The highest BCUT2D eigenvalue weighted by molar-refractivity contribution is 7.78. The number of hydrogen-bond acceptors (Lipinski definition) is 4. The van der Waals surface area contributed by atoms with Crippen molar-refractivity contribution in [1.82, 2.24) is 0 Å². The molecule has 2 N–H and O–H groups in total. The third kappa shape index (κ3) is 9.46. The standard InChI is InChI=1S/C8H7NO2S.C7H9N.C3H8/c9-5-7-3-1-2-4-8(7)6-12(10)11;1-6-4-2-3-5-7(6)8;1-3-2/h1-4H,6H2,(H,10,11);2-5H,8H2,1H3;3H2,1-2H3/p-1. The number of nitrogens with two attached hydrogens (primary N) is 1. The summed E-state index contributed by atoms with van der Waals surface area (Å²) in [6.45, 7) is 6.25. The largest absolute Gasteiger partial charge is 0.772 e. The van der Waals surface area contributed by atoms with Gasteiger partial charge in [0.25, 0.3) is 0 Å². The summed E-state index contributed by atoms with van der Waals surface area (Å²) in [7, 11) is 0. The summed E-state index contributed by atoms with van der Waals surface area (Å²) in [6.07, 6.45) is 1.25. The van der Waals surface area contributed by atoms with Gasteiger partial charge in [0, 0.05) is 11.4 Å². The van der Waals surface area contributed by atoms with Crippen molar-refractivity contribution in [3.05, 3.63) is 65.2 Å². The molecule has 0 aromatic heterocycles. The van der Waals surface area contributed by atoms with Gasteiger partial charge in [-0.2, -0.15) is 5.26 Å². The lowest BCUT2D eigenvalue weighted by Crippen LogP contribution is -1.95. The van der Waals surface area contributed by atoms with Gasteiger partial charge in [-0.3, -0.25) is 4.21 Å². The van der Waals surface area contributed by atoms with Crippen LogP contribution in [0.2, 0.25) is 0 Å². The predicted molar refractivity (Wildman–Crippen MR) is 95.3 cm³/mol. The number of nitrogen functional groups attached to an aromatic ring is 1. The van der Waals surface area contributed by atoms with Crippen molar-refractivity contribution in [2.24, 2.45) is 0 Å². The molecule has 0 saturated carbocycles. The number of benzene rings is 2. The second-order valence-corrected chi connectivity index (χ2v) is 5.68. The molecule has 0 heterocycles. The molecule has 2 aromatic rings. The van der Waals surface area contributed by atoms with Crippen molar-refractivity contribution in [2.75, 3.05) is 5.73 Å². The van der Waals surface area contributed by atoms with E-state index in [-0.39, 0.29) is 5.75 Å². The zero-order valence-corrected chi connectivity index (χ0v) is 14.6. The van der Waals surface area contributed by atoms with Crippen LogP contribution in [0.15, 0.2) is 48.5 Å². The number of anilines is 1. The van der Waals surface area contributed by atoms with E-state index in [2.05, 4.69) is 13.8 Å². The smallest absolute Gasteiger partial charge is 0.0994 e. The highest BCUT2D eigenvalue weighted by atomic mass is 32.2. The van der Waals surface area contributed by atoms with Gasteiger partial charge in [-0.1, -0.05) is 67.7 Å². The molecule has 0 saturated heterocycles. The van der Waals surface area contributed by atoms with E-state index < -0.39 is 11.1 Å². The fraction of sp³-hybridized carbons (Fsp3) is 0.278. The van der Waals surface area contributed by atoms with Gasteiger partial charge >= 0.3 is 0 Å². The van der Waals surface area contributed by atoms with E-state index in [0.29, 0.717) is 11.1 Å². The number of hydrogen-bond donors (Lipinski definition) is 1. The molecule has 2 aromatic carbocycles. The number of para-hydroxylation sites is 1. The Morgan fingerprint density at radius 3 is 2.09 bits per heavy atom. The molecule has 0 spiro atoms. The fourth-order valence-electron chi connectivity index (χ4n) is 1.47. The second-order valence-electron chi connectivity index (χ2n) is 4.78. The van der Waals surface area contributed by atoms with Gasteiger partial charge in [0.05, 0.1) is 11.6 Å². The van der Waals surface area contributed by atoms with Crippen LogP contribution < -0.4 is 5.73 Å². The maximum atomic E-state index is 10.3. The van der Waals surface area contributed by atoms with Crippen LogP contribution in [0.4, 0.5) is 5.69 Å². The average molecular weight is 331 g/mol. The molecule has 5 heteroatoms. The van der Waals surface area contributed by atoms with Crippen molar-refractivity contribution in [1.29, 1.82) is 5.26 Å². The van der Waals surface area contributed by atoms with E-state index in [4.69, 9.17) is 11.0 Å². The number of rotatable bonds is 2. The Morgan fingerprint density at radius 1 is 1.13 bits per heavy atom. The quantitative estimate of drug-likeness (QED) is 0.667. The van der Waals surface area contributed by atoms with Crippen LogP contribution in [-0.2, 0) is 16.8 Å². The second kappa shape index (κ2) is 12.4. The van der Waals surface area contributed by atoms with Crippen LogP contribution in [0, 0.1) is 18.3 Å². The van der Waals surface area contributed by atoms with E-state index in [1.165, 1.54) is 6.42 Å². The predicted octanol–water partition coefficient (Wildman–Crippen LogP) is 3.93. The molecule has 23 heavy (non-hydrogen) atoms. The van der Waals surface area contributed by atoms with Gasteiger partial charge in [0.15, 0.2) is 0 Å². The van der Waals surface area contributed by atoms with Crippen LogP contribution in [0.1, 0.15) is 37.0 Å². The third-order valence-corrected chi connectivity index (χ3v) is 3.15. The van der Waals surface area contributed by atoms with Crippen LogP contribution in [0.3, 0.4) is 0 Å². The average Bonchev–Trinajstić information content (AvgIpc) is 2.52. The van der Waals surface area contributed by atoms with Crippen molar-refractivity contribution in [3.63, 3.8) is 0 Å². The summed E-state index contributed by atoms with van der Waals surface area (Å²) in [5.41, 5.74) is 8.50. The summed E-state index contributed by atoms with van der Waals surface area (Å²) in [6, 6.07) is 16.4. The maximum Gasteiger partial charge on any atom is 0.0994 e. The molecule has 124 valence electrons. The Balaban J connectivity index is 0.000000379. The molecule has 0 aliphatic rings. The molecule has 4 nitrogen and oxygen atoms in total. The Bertz CT molecular complexity index is 630. The molecule has 0 aliphatic carbocycles. The first-order valence-corrected chi connectivity index (χ1v) is 8.55. The highest BCUT2D eigenvalue weighted by Crippen LogP contribution is 2.08. The Hall–Kier alpha value is -2.16. The molecular weight excluding hydrogens is 308 g/mol. The van der Waals surface area contributed by atoms with E-state index >= 15 is 0 Å². The lowest BCUT2D eigenvalue weighted by Gasteiger charge is -2.05. The topological polar surface area (TPSA) is 89.9 Å². The first-order valence-electron chi connectivity index (χ1n) is 7.31. The molecule has 1 unspecified atom stereocenters. The number of nitriles is 1. The molecular formula is C18H23N2O2S-. The monoisotopic (exact) mass is 331 g/mol. The van der Waals surface area contributed by atoms with Crippen LogP contribution in [0.25, 0.3) is 0 Å². The summed E-state index contributed by atoms with van der Waals surface area (Å²) in [5.74, 6) is -0.0935. The number of aryl methyl sites for hydroxylation is 1. The SMILES string of the molecule is CCC.Cc1ccccc1N.N#Cc1ccccc1CS(=O)[O-]. The van der Waals surface area contributed by atoms with E-state index in [0.717, 1.165) is 11.3 Å². The Kier molecular flexibility index (Phi) is 11.2. The highest BCUT2D eigenvalue weighted by Gasteiger charge is 1.98. The first kappa shape index (κ1) is 20.8. The molecule has 0 radical (unpaired) electrons. The van der Waals surface area contributed by atoms with E-state index in [1.807, 2.05) is 37.3 Å². The molecule has 0 bridgehead atoms. The van der Waals surface area contributed by atoms with Crippen molar-refractivity contribution >= 4 is 16.8 Å². The van der Waals surface area contributed by atoms with E-state index in [9.17, 15) is 8.76 Å². The Morgan fingerprint density at radius 2 is 1.65 bits per heavy atom. The van der Waals surface area contributed by atoms with Crippen molar-refractivity contribution in [2.45, 2.75) is 32.9 Å². The molecule has 1 atom stereocenters. The molecule has 2 rings (SSSR count). The third-order valence-electron chi connectivity index (χ3n) is 2.60. The minimum atomic E-state index is -2.13. The molecule has 0 fully saturated rings. The van der Waals surface area contributed by atoms with Crippen LogP contribution >= 0.6 is 0 Å². The lowest BCUT2D eigenvalue weighted by atomic mass is 10.1. The Labute approximate surface area is 141 Å². The van der Waals surface area contributed by atoms with Gasteiger partial charge in [-0.05, 0) is 30.2 Å². The van der Waals surface area contributed by atoms with Crippen LogP contribution in [0.5, 0.6) is 0 Å².